The molecule has 0 unspecified atom stereocenters. The topological polar surface area (TPSA) is 15.8 Å². The van der Waals surface area contributed by atoms with Crippen LogP contribution in [0.25, 0.3) is 10.9 Å². The molecule has 0 fully saturated rings. The van der Waals surface area contributed by atoms with E-state index in [4.69, 9.17) is 0 Å². The molecule has 1 N–H and O–H groups in total. The maximum Gasteiger partial charge on any atom is 0.0837 e. The van der Waals surface area contributed by atoms with Crippen LogP contribution in [-0.4, -0.2) is 4.98 Å². The van der Waals surface area contributed by atoms with E-state index in [9.17, 15) is 0 Å². The van der Waals surface area contributed by atoms with Gasteiger partial charge >= 0.3 is 0 Å². The summed E-state index contributed by atoms with van der Waals surface area (Å²) < 4.78 is 0. The molecule has 3 heteroatoms. The standard InChI is InChI=1S/C8H7NS2/c10-7-5-3-1-2-4-6(5)9-8(7)11/h1-4,9-11H. The van der Waals surface area contributed by atoms with E-state index >= 15 is 0 Å². The Morgan fingerprint density at radius 2 is 1.82 bits per heavy atom. The number of thiol groups is 2. The lowest BCUT2D eigenvalue weighted by molar-refractivity contribution is 1.16. The van der Waals surface area contributed by atoms with Crippen LogP contribution < -0.4 is 0 Å². The monoisotopic (exact) mass is 181 g/mol. The van der Waals surface area contributed by atoms with Gasteiger partial charge in [0.2, 0.25) is 0 Å². The number of benzene rings is 1. The second kappa shape index (κ2) is 2.50. The van der Waals surface area contributed by atoms with Crippen molar-refractivity contribution in [2.24, 2.45) is 0 Å². The summed E-state index contributed by atoms with van der Waals surface area (Å²) in [7, 11) is 0. The molecule has 56 valence electrons. The summed E-state index contributed by atoms with van der Waals surface area (Å²) in [6.07, 6.45) is 0. The van der Waals surface area contributed by atoms with Gasteiger partial charge in [-0.15, -0.1) is 25.3 Å². The van der Waals surface area contributed by atoms with E-state index in [2.05, 4.69) is 30.2 Å². The minimum absolute atomic E-state index is 0.828. The number of para-hydroxylation sites is 1. The molecule has 0 amide bonds. The summed E-state index contributed by atoms with van der Waals surface area (Å²) in [5, 5.41) is 1.95. The van der Waals surface area contributed by atoms with Crippen LogP contribution in [0.15, 0.2) is 34.2 Å². The molecule has 11 heavy (non-hydrogen) atoms. The van der Waals surface area contributed by atoms with Gasteiger partial charge in [0.05, 0.1) is 5.03 Å². The van der Waals surface area contributed by atoms with Crippen molar-refractivity contribution in [3.63, 3.8) is 0 Å². The summed E-state index contributed by atoms with van der Waals surface area (Å²) in [5.41, 5.74) is 1.09. The van der Waals surface area contributed by atoms with Gasteiger partial charge in [-0.25, -0.2) is 0 Å². The van der Waals surface area contributed by atoms with Crippen molar-refractivity contribution < 1.29 is 0 Å². The van der Waals surface area contributed by atoms with E-state index in [-0.39, 0.29) is 0 Å². The molecule has 1 heterocycles. The molecule has 0 aliphatic rings. The minimum Gasteiger partial charge on any atom is -0.349 e. The fourth-order valence-corrected chi connectivity index (χ4v) is 1.60. The molecule has 0 bridgehead atoms. The van der Waals surface area contributed by atoms with Crippen molar-refractivity contribution in [2.45, 2.75) is 9.92 Å². The summed E-state index contributed by atoms with van der Waals surface area (Å²) in [6, 6.07) is 8.01. The molecule has 0 saturated carbocycles. The molecule has 0 saturated heterocycles. The van der Waals surface area contributed by atoms with Crippen LogP contribution >= 0.6 is 25.3 Å². The summed E-state index contributed by atoms with van der Waals surface area (Å²) in [5.74, 6) is 0. The van der Waals surface area contributed by atoms with E-state index in [1.165, 1.54) is 0 Å². The normalized spacial score (nSPS) is 10.7. The van der Waals surface area contributed by atoms with Crippen LogP contribution in [0.2, 0.25) is 0 Å². The Balaban J connectivity index is 2.92. The van der Waals surface area contributed by atoms with Crippen molar-refractivity contribution in [1.82, 2.24) is 4.98 Å². The number of aromatic amines is 1. The van der Waals surface area contributed by atoms with Gasteiger partial charge in [-0.05, 0) is 6.07 Å². The fraction of sp³-hybridized carbons (Fsp3) is 0. The van der Waals surface area contributed by atoms with Gasteiger partial charge < -0.3 is 4.98 Å². The molecular formula is C8H7NS2. The van der Waals surface area contributed by atoms with E-state index in [1.807, 2.05) is 24.3 Å². The Kier molecular flexibility index (Phi) is 1.62. The van der Waals surface area contributed by atoms with Crippen LogP contribution in [0.3, 0.4) is 0 Å². The minimum atomic E-state index is 0.828. The van der Waals surface area contributed by atoms with Crippen LogP contribution in [0.5, 0.6) is 0 Å². The second-order valence-electron chi connectivity index (χ2n) is 2.37. The van der Waals surface area contributed by atoms with Crippen molar-refractivity contribution >= 4 is 36.2 Å². The highest BCUT2D eigenvalue weighted by molar-refractivity contribution is 7.83. The van der Waals surface area contributed by atoms with Gasteiger partial charge in [-0.3, -0.25) is 0 Å². The zero-order chi connectivity index (χ0) is 7.84. The van der Waals surface area contributed by atoms with Gasteiger partial charge in [0.15, 0.2) is 0 Å². The third kappa shape index (κ3) is 1.04. The maximum atomic E-state index is 4.31. The van der Waals surface area contributed by atoms with Gasteiger partial charge in [-0.1, -0.05) is 18.2 Å². The van der Waals surface area contributed by atoms with Crippen LogP contribution in [0.1, 0.15) is 0 Å². The van der Waals surface area contributed by atoms with E-state index < -0.39 is 0 Å². The second-order valence-corrected chi connectivity index (χ2v) is 3.26. The van der Waals surface area contributed by atoms with E-state index in [0.29, 0.717) is 0 Å². The van der Waals surface area contributed by atoms with Gasteiger partial charge in [0, 0.05) is 15.8 Å². The van der Waals surface area contributed by atoms with Gasteiger partial charge in [-0.2, -0.15) is 0 Å². The van der Waals surface area contributed by atoms with Gasteiger partial charge in [0.25, 0.3) is 0 Å². The zero-order valence-electron chi connectivity index (χ0n) is 5.70. The first kappa shape index (κ1) is 7.13. The number of fused-ring (bicyclic) bond motifs is 1. The highest BCUT2D eigenvalue weighted by atomic mass is 32.1. The first-order chi connectivity index (χ1) is 5.29. The Bertz CT molecular complexity index is 392. The Morgan fingerprint density at radius 1 is 1.09 bits per heavy atom. The lowest BCUT2D eigenvalue weighted by atomic mass is 10.2. The average Bonchev–Trinajstić information content (AvgIpc) is 2.30. The van der Waals surface area contributed by atoms with Gasteiger partial charge in [0.1, 0.15) is 0 Å². The number of nitrogens with one attached hydrogen (secondary N) is 1. The van der Waals surface area contributed by atoms with Crippen molar-refractivity contribution in [3.05, 3.63) is 24.3 Å². The molecule has 1 nitrogen and oxygen atoms in total. The SMILES string of the molecule is Sc1[nH]c2ccccc2c1S. The third-order valence-corrected chi connectivity index (χ3v) is 2.64. The molecule has 0 atom stereocenters. The average molecular weight is 181 g/mol. The largest absolute Gasteiger partial charge is 0.349 e. The summed E-state index contributed by atoms with van der Waals surface area (Å²) in [4.78, 5) is 4.03. The number of H-pyrrole nitrogens is 1. The molecule has 2 rings (SSSR count). The quantitative estimate of drug-likeness (QED) is 0.518. The van der Waals surface area contributed by atoms with E-state index in [1.54, 1.807) is 0 Å². The first-order valence-corrected chi connectivity index (χ1v) is 4.17. The molecule has 0 aliphatic carbocycles. The van der Waals surface area contributed by atoms with Crippen LogP contribution in [-0.2, 0) is 0 Å². The molecular weight excluding hydrogens is 174 g/mol. The molecule has 1 aromatic carbocycles. The Morgan fingerprint density at radius 3 is 2.55 bits per heavy atom. The number of hydrogen-bond donors (Lipinski definition) is 3. The predicted octanol–water partition coefficient (Wildman–Crippen LogP) is 2.75. The number of hydrogen-bond acceptors (Lipinski definition) is 2. The number of aromatic nitrogens is 1. The zero-order valence-corrected chi connectivity index (χ0v) is 7.49. The number of rotatable bonds is 0. The lowest BCUT2D eigenvalue weighted by Gasteiger charge is -1.86. The Hall–Kier alpha value is -0.540. The fourth-order valence-electron chi connectivity index (χ4n) is 1.11. The lowest BCUT2D eigenvalue weighted by Crippen LogP contribution is -1.63. The highest BCUT2D eigenvalue weighted by Gasteiger charge is 2.02. The van der Waals surface area contributed by atoms with Crippen molar-refractivity contribution in [1.29, 1.82) is 0 Å². The van der Waals surface area contributed by atoms with E-state index in [0.717, 1.165) is 20.8 Å². The smallest absolute Gasteiger partial charge is 0.0837 e. The van der Waals surface area contributed by atoms with Crippen LogP contribution in [0, 0.1) is 0 Å². The van der Waals surface area contributed by atoms with Crippen molar-refractivity contribution in [3.8, 4) is 0 Å². The summed E-state index contributed by atoms with van der Waals surface area (Å²) >= 11 is 8.53. The molecule has 0 radical (unpaired) electrons. The molecule has 1 aromatic heterocycles. The predicted molar refractivity (Wildman–Crippen MR) is 52.8 cm³/mol. The third-order valence-electron chi connectivity index (χ3n) is 1.66. The van der Waals surface area contributed by atoms with Crippen LogP contribution in [0.4, 0.5) is 0 Å². The molecule has 0 aliphatic heterocycles. The molecule has 2 aromatic rings. The first-order valence-electron chi connectivity index (χ1n) is 3.27. The molecule has 0 spiro atoms. The summed E-state index contributed by atoms with van der Waals surface area (Å²) in [6.45, 7) is 0. The van der Waals surface area contributed by atoms with Crippen molar-refractivity contribution in [2.75, 3.05) is 0 Å². The maximum absolute atomic E-state index is 4.31. The highest BCUT2D eigenvalue weighted by Crippen LogP contribution is 2.27. The Labute approximate surface area is 75.6 Å².